The molecular formula is C10H19ClO2. The van der Waals surface area contributed by atoms with Crippen LogP contribution in [0.3, 0.4) is 0 Å². The van der Waals surface area contributed by atoms with Gasteiger partial charge in [0.05, 0.1) is 19.3 Å². The molecule has 13 heavy (non-hydrogen) atoms. The van der Waals surface area contributed by atoms with Crippen LogP contribution in [0.25, 0.3) is 0 Å². The Hall–Kier alpha value is 0.210. The minimum Gasteiger partial charge on any atom is -0.379 e. The van der Waals surface area contributed by atoms with E-state index in [0.717, 1.165) is 39.1 Å². The first-order chi connectivity index (χ1) is 6.33. The molecule has 1 saturated carbocycles. The van der Waals surface area contributed by atoms with Gasteiger partial charge in [0.1, 0.15) is 0 Å². The summed E-state index contributed by atoms with van der Waals surface area (Å²) in [4.78, 5) is 0. The molecule has 0 radical (unpaired) electrons. The summed E-state index contributed by atoms with van der Waals surface area (Å²) in [7, 11) is 0. The molecule has 0 bridgehead atoms. The molecule has 0 aromatic carbocycles. The number of ether oxygens (including phenoxy) is 2. The van der Waals surface area contributed by atoms with Gasteiger partial charge in [-0.15, -0.1) is 11.6 Å². The lowest BCUT2D eigenvalue weighted by molar-refractivity contribution is -0.0271. The van der Waals surface area contributed by atoms with E-state index in [9.17, 15) is 0 Å². The van der Waals surface area contributed by atoms with Crippen LogP contribution in [0.5, 0.6) is 0 Å². The summed E-state index contributed by atoms with van der Waals surface area (Å²) in [5.74, 6) is 0. The monoisotopic (exact) mass is 206 g/mol. The maximum atomic E-state index is 5.81. The largest absolute Gasteiger partial charge is 0.379 e. The highest BCUT2D eigenvalue weighted by atomic mass is 35.5. The smallest absolute Gasteiger partial charge is 0.0704 e. The molecule has 3 heteroatoms. The van der Waals surface area contributed by atoms with Crippen LogP contribution < -0.4 is 0 Å². The third-order valence-corrected chi connectivity index (χ3v) is 2.62. The van der Waals surface area contributed by atoms with Crippen LogP contribution in [-0.2, 0) is 9.47 Å². The highest BCUT2D eigenvalue weighted by molar-refractivity contribution is 6.21. The van der Waals surface area contributed by atoms with Gasteiger partial charge >= 0.3 is 0 Å². The van der Waals surface area contributed by atoms with Gasteiger partial charge in [0.15, 0.2) is 0 Å². The van der Waals surface area contributed by atoms with Gasteiger partial charge in [0, 0.05) is 12.0 Å². The maximum Gasteiger partial charge on any atom is 0.0704 e. The summed E-state index contributed by atoms with van der Waals surface area (Å²) in [5, 5.41) is 0.353. The number of alkyl halides is 1. The first kappa shape index (κ1) is 11.3. The molecule has 1 aliphatic rings. The second-order valence-corrected chi connectivity index (χ2v) is 4.14. The summed E-state index contributed by atoms with van der Waals surface area (Å²) in [6.45, 7) is 4.47. The molecule has 0 amide bonds. The fourth-order valence-electron chi connectivity index (χ4n) is 1.26. The lowest BCUT2D eigenvalue weighted by Gasteiger charge is -2.30. The predicted octanol–water partition coefficient (Wildman–Crippen LogP) is 2.59. The van der Waals surface area contributed by atoms with Crippen LogP contribution in [-0.4, -0.2) is 31.3 Å². The molecule has 0 spiro atoms. The predicted molar refractivity (Wildman–Crippen MR) is 54.3 cm³/mol. The molecular weight excluding hydrogens is 188 g/mol. The normalized spacial score (nSPS) is 27.2. The Kier molecular flexibility index (Phi) is 5.76. The van der Waals surface area contributed by atoms with E-state index in [1.165, 1.54) is 6.42 Å². The number of unbranched alkanes of at least 4 members (excludes halogenated alkanes) is 1. The molecule has 0 heterocycles. The second kappa shape index (κ2) is 6.63. The topological polar surface area (TPSA) is 18.5 Å². The van der Waals surface area contributed by atoms with Crippen LogP contribution in [0.15, 0.2) is 0 Å². The number of hydrogen-bond donors (Lipinski definition) is 0. The molecule has 0 aliphatic heterocycles. The third-order valence-electron chi connectivity index (χ3n) is 2.26. The molecule has 0 saturated heterocycles. The second-order valence-electron chi connectivity index (χ2n) is 3.53. The van der Waals surface area contributed by atoms with Crippen LogP contribution >= 0.6 is 11.6 Å². The number of rotatable bonds is 7. The van der Waals surface area contributed by atoms with E-state index < -0.39 is 0 Å². The van der Waals surface area contributed by atoms with Crippen molar-refractivity contribution >= 4 is 11.6 Å². The van der Waals surface area contributed by atoms with Crippen LogP contribution in [0.2, 0.25) is 0 Å². The first-order valence-corrected chi connectivity index (χ1v) is 5.60. The molecule has 1 fully saturated rings. The summed E-state index contributed by atoms with van der Waals surface area (Å²) in [6.07, 6.45) is 4.76. The van der Waals surface area contributed by atoms with Gasteiger partial charge in [0.2, 0.25) is 0 Å². The van der Waals surface area contributed by atoms with Gasteiger partial charge in [-0.1, -0.05) is 13.3 Å². The van der Waals surface area contributed by atoms with Crippen LogP contribution in [0.1, 0.15) is 32.6 Å². The van der Waals surface area contributed by atoms with E-state index in [1.807, 2.05) is 0 Å². The number of hydrogen-bond acceptors (Lipinski definition) is 2. The van der Waals surface area contributed by atoms with Crippen molar-refractivity contribution < 1.29 is 9.47 Å². The highest BCUT2D eigenvalue weighted by Gasteiger charge is 2.27. The highest BCUT2D eigenvalue weighted by Crippen LogP contribution is 2.27. The summed E-state index contributed by atoms with van der Waals surface area (Å²) < 4.78 is 10.9. The zero-order valence-electron chi connectivity index (χ0n) is 8.30. The zero-order chi connectivity index (χ0) is 9.52. The van der Waals surface area contributed by atoms with Crippen molar-refractivity contribution in [3.05, 3.63) is 0 Å². The SMILES string of the molecule is CCCCOCCOC1CC(Cl)C1. The van der Waals surface area contributed by atoms with Crippen molar-refractivity contribution in [3.63, 3.8) is 0 Å². The molecule has 78 valence electrons. The fraction of sp³-hybridized carbons (Fsp3) is 1.00. The molecule has 0 atom stereocenters. The first-order valence-electron chi connectivity index (χ1n) is 5.16. The van der Waals surface area contributed by atoms with Crippen molar-refractivity contribution in [3.8, 4) is 0 Å². The van der Waals surface area contributed by atoms with E-state index in [2.05, 4.69) is 6.92 Å². The molecule has 0 aromatic rings. The minimum atomic E-state index is 0.353. The van der Waals surface area contributed by atoms with E-state index in [4.69, 9.17) is 21.1 Å². The maximum absolute atomic E-state index is 5.81. The van der Waals surface area contributed by atoms with E-state index in [0.29, 0.717) is 11.5 Å². The van der Waals surface area contributed by atoms with Gasteiger partial charge in [-0.3, -0.25) is 0 Å². The molecule has 2 nitrogen and oxygen atoms in total. The summed E-state index contributed by atoms with van der Waals surface area (Å²) in [6, 6.07) is 0. The molecule has 1 aliphatic carbocycles. The van der Waals surface area contributed by atoms with Gasteiger partial charge in [-0.05, 0) is 19.3 Å². The van der Waals surface area contributed by atoms with E-state index >= 15 is 0 Å². The Morgan fingerprint density at radius 1 is 1.23 bits per heavy atom. The Bertz CT molecular complexity index is 124. The van der Waals surface area contributed by atoms with Crippen LogP contribution in [0, 0.1) is 0 Å². The summed E-state index contributed by atoms with van der Waals surface area (Å²) >= 11 is 5.81. The average molecular weight is 207 g/mol. The Morgan fingerprint density at radius 2 is 2.00 bits per heavy atom. The third kappa shape index (κ3) is 4.84. The molecule has 0 aromatic heterocycles. The van der Waals surface area contributed by atoms with E-state index in [-0.39, 0.29) is 0 Å². The van der Waals surface area contributed by atoms with Crippen molar-refractivity contribution in [2.75, 3.05) is 19.8 Å². The Balaban J connectivity index is 1.74. The molecule has 0 N–H and O–H groups in total. The Labute approximate surface area is 85.5 Å². The van der Waals surface area contributed by atoms with Gasteiger partial charge < -0.3 is 9.47 Å². The standard InChI is InChI=1S/C10H19ClO2/c1-2-3-4-12-5-6-13-10-7-9(11)8-10/h9-10H,2-8H2,1H3. The fourth-order valence-corrected chi connectivity index (χ4v) is 1.66. The van der Waals surface area contributed by atoms with Gasteiger partial charge in [0.25, 0.3) is 0 Å². The van der Waals surface area contributed by atoms with Gasteiger partial charge in [-0.2, -0.15) is 0 Å². The Morgan fingerprint density at radius 3 is 2.62 bits per heavy atom. The molecule has 1 rings (SSSR count). The van der Waals surface area contributed by atoms with Gasteiger partial charge in [-0.25, -0.2) is 0 Å². The lowest BCUT2D eigenvalue weighted by atomic mass is 9.95. The van der Waals surface area contributed by atoms with Crippen LogP contribution in [0.4, 0.5) is 0 Å². The van der Waals surface area contributed by atoms with E-state index in [1.54, 1.807) is 0 Å². The molecule has 0 unspecified atom stereocenters. The quantitative estimate of drug-likeness (QED) is 0.471. The lowest BCUT2D eigenvalue weighted by Crippen LogP contribution is -2.32. The average Bonchev–Trinajstić information content (AvgIpc) is 2.07. The summed E-state index contributed by atoms with van der Waals surface area (Å²) in [5.41, 5.74) is 0. The minimum absolute atomic E-state index is 0.353. The van der Waals surface area contributed by atoms with Crippen molar-refractivity contribution in [2.24, 2.45) is 0 Å². The van der Waals surface area contributed by atoms with Crippen molar-refractivity contribution in [1.82, 2.24) is 0 Å². The van der Waals surface area contributed by atoms with Crippen molar-refractivity contribution in [2.45, 2.75) is 44.1 Å². The zero-order valence-corrected chi connectivity index (χ0v) is 9.05. The van der Waals surface area contributed by atoms with Crippen molar-refractivity contribution in [1.29, 1.82) is 0 Å². The number of halogens is 1.